The third kappa shape index (κ3) is 6.59. The van der Waals surface area contributed by atoms with E-state index in [1.54, 1.807) is 0 Å². The van der Waals surface area contributed by atoms with Gasteiger partial charge in [-0.2, -0.15) is 5.10 Å². The third-order valence-electron chi connectivity index (χ3n) is 6.99. The molecular formula is C29H36N2O4. The van der Waals surface area contributed by atoms with Gasteiger partial charge in [-0.25, -0.2) is 4.79 Å². The van der Waals surface area contributed by atoms with E-state index in [-0.39, 0.29) is 13.2 Å². The van der Waals surface area contributed by atoms with Gasteiger partial charge in [0.2, 0.25) is 0 Å². The van der Waals surface area contributed by atoms with Crippen molar-refractivity contribution in [3.8, 4) is 22.4 Å². The van der Waals surface area contributed by atoms with Crippen LogP contribution in [0.25, 0.3) is 22.4 Å². The van der Waals surface area contributed by atoms with E-state index >= 15 is 0 Å². The normalized spacial score (nSPS) is 18.0. The van der Waals surface area contributed by atoms with Crippen molar-refractivity contribution in [2.75, 3.05) is 19.8 Å². The highest BCUT2D eigenvalue weighted by Gasteiger charge is 2.26. The second-order valence-electron chi connectivity index (χ2n) is 9.71. The number of carbonyl (C=O) groups is 1. The molecule has 1 aliphatic rings. The first-order chi connectivity index (χ1) is 17.0. The van der Waals surface area contributed by atoms with Crippen LogP contribution in [-0.2, 0) is 22.5 Å². The Hall–Kier alpha value is -2.96. The zero-order chi connectivity index (χ0) is 24.6. The molecule has 0 spiro atoms. The molecule has 6 heteroatoms. The van der Waals surface area contributed by atoms with Gasteiger partial charge in [-0.05, 0) is 62.8 Å². The predicted octanol–water partition coefficient (Wildman–Crippen LogP) is 5.36. The fraction of sp³-hybridized carbons (Fsp3) is 0.448. The second-order valence-corrected chi connectivity index (χ2v) is 9.71. The molecule has 0 saturated heterocycles. The molecule has 0 radical (unpaired) electrons. The average Bonchev–Trinajstić information content (AvgIpc) is 3.22. The molecule has 0 aliphatic heterocycles. The number of aliphatic carboxylic acids is 1. The Morgan fingerprint density at radius 3 is 2.34 bits per heavy atom. The van der Waals surface area contributed by atoms with Crippen LogP contribution in [0.4, 0.5) is 0 Å². The Labute approximate surface area is 207 Å². The van der Waals surface area contributed by atoms with E-state index in [0.717, 1.165) is 55.5 Å². The maximum Gasteiger partial charge on any atom is 0.329 e. The summed E-state index contributed by atoms with van der Waals surface area (Å²) in [6, 6.07) is 19.0. The monoisotopic (exact) mass is 476 g/mol. The average molecular weight is 477 g/mol. The topological polar surface area (TPSA) is 84.6 Å². The highest BCUT2D eigenvalue weighted by Crippen LogP contribution is 2.37. The molecule has 1 heterocycles. The summed E-state index contributed by atoms with van der Waals surface area (Å²) in [4.78, 5) is 10.7. The number of aryl methyl sites for hydroxylation is 1. The van der Waals surface area contributed by atoms with Crippen molar-refractivity contribution in [2.45, 2.75) is 52.0 Å². The van der Waals surface area contributed by atoms with Gasteiger partial charge < -0.3 is 14.9 Å². The summed E-state index contributed by atoms with van der Waals surface area (Å²) in [5.41, 5.74) is 6.84. The summed E-state index contributed by atoms with van der Waals surface area (Å²) in [7, 11) is 0. The molecule has 3 aromatic rings. The largest absolute Gasteiger partial charge is 0.480 e. The Morgan fingerprint density at radius 2 is 1.69 bits per heavy atom. The lowest BCUT2D eigenvalue weighted by Crippen LogP contribution is -2.24. The molecule has 4 rings (SSSR count). The maximum atomic E-state index is 10.7. The molecule has 6 nitrogen and oxygen atoms in total. The Kier molecular flexibility index (Phi) is 8.72. The van der Waals surface area contributed by atoms with Gasteiger partial charge in [0.25, 0.3) is 0 Å². The van der Waals surface area contributed by atoms with Crippen LogP contribution in [0, 0.1) is 18.8 Å². The first kappa shape index (κ1) is 25.1. The van der Waals surface area contributed by atoms with Crippen molar-refractivity contribution < 1.29 is 19.7 Å². The molecule has 0 unspecified atom stereocenters. The molecule has 1 aliphatic carbocycles. The molecule has 186 valence electrons. The molecule has 1 fully saturated rings. The number of aromatic nitrogens is 2. The molecular weight excluding hydrogens is 440 g/mol. The van der Waals surface area contributed by atoms with Crippen molar-refractivity contribution in [1.82, 2.24) is 9.78 Å². The van der Waals surface area contributed by atoms with Gasteiger partial charge in [-0.3, -0.25) is 4.68 Å². The highest BCUT2D eigenvalue weighted by molar-refractivity contribution is 5.83. The summed E-state index contributed by atoms with van der Waals surface area (Å²) in [6.07, 6.45) is 5.74. The summed E-state index contributed by atoms with van der Waals surface area (Å²) < 4.78 is 7.53. The van der Waals surface area contributed by atoms with Gasteiger partial charge >= 0.3 is 5.97 Å². The molecule has 0 atom stereocenters. The first-order valence-corrected chi connectivity index (χ1v) is 12.7. The van der Waals surface area contributed by atoms with E-state index in [4.69, 9.17) is 14.9 Å². The lowest BCUT2D eigenvalue weighted by atomic mass is 9.82. The molecule has 0 bridgehead atoms. The number of rotatable bonds is 11. The predicted molar refractivity (Wildman–Crippen MR) is 137 cm³/mol. The van der Waals surface area contributed by atoms with Gasteiger partial charge in [0, 0.05) is 30.0 Å². The van der Waals surface area contributed by atoms with E-state index < -0.39 is 5.97 Å². The van der Waals surface area contributed by atoms with Crippen LogP contribution in [-0.4, -0.2) is 45.8 Å². The Morgan fingerprint density at radius 1 is 1.00 bits per heavy atom. The van der Waals surface area contributed by atoms with Crippen molar-refractivity contribution in [3.05, 3.63) is 65.9 Å². The van der Waals surface area contributed by atoms with Gasteiger partial charge in [-0.15, -0.1) is 0 Å². The number of carboxylic acid groups (broad SMARTS) is 1. The Balaban J connectivity index is 1.59. The van der Waals surface area contributed by atoms with E-state index in [0.29, 0.717) is 24.9 Å². The third-order valence-corrected chi connectivity index (χ3v) is 6.99. The maximum absolute atomic E-state index is 10.7. The lowest BCUT2D eigenvalue weighted by molar-refractivity contribution is -0.142. The van der Waals surface area contributed by atoms with Crippen LogP contribution >= 0.6 is 0 Å². The summed E-state index contributed by atoms with van der Waals surface area (Å²) in [5, 5.41) is 23.6. The van der Waals surface area contributed by atoms with Gasteiger partial charge in [0.05, 0.1) is 6.61 Å². The molecule has 1 aromatic heterocycles. The number of carboxylic acids is 1. The fourth-order valence-electron chi connectivity index (χ4n) is 5.11. The van der Waals surface area contributed by atoms with E-state index in [1.807, 2.05) is 6.07 Å². The lowest BCUT2D eigenvalue weighted by Gasteiger charge is -2.28. The number of aliphatic hydroxyl groups excluding tert-OH is 1. The summed E-state index contributed by atoms with van der Waals surface area (Å²) >= 11 is 0. The van der Waals surface area contributed by atoms with E-state index in [2.05, 4.69) is 60.1 Å². The molecule has 0 amide bonds. The number of benzene rings is 2. The Bertz CT molecular complexity index is 1080. The minimum absolute atomic E-state index is 0.153. The summed E-state index contributed by atoms with van der Waals surface area (Å²) in [5.74, 6) is 0.0412. The fourth-order valence-corrected chi connectivity index (χ4v) is 5.11. The number of hydrogen-bond acceptors (Lipinski definition) is 4. The SMILES string of the molecule is Cc1ccc(-c2nn(C[C@H]3CC[C@@H](COCC(=O)O)CC3)c(CCCO)c2-c2ccccc2)cc1. The van der Waals surface area contributed by atoms with Crippen LogP contribution in [0.1, 0.15) is 43.4 Å². The second kappa shape index (κ2) is 12.1. The smallest absolute Gasteiger partial charge is 0.329 e. The molecule has 35 heavy (non-hydrogen) atoms. The standard InChI is InChI=1S/C29H36N2O4/c1-21-9-15-25(16-10-21)29-28(24-6-3-2-4-7-24)26(8-5-17-32)31(30-29)18-22-11-13-23(14-12-22)19-35-20-27(33)34/h2-4,6-7,9-10,15-16,22-23,32H,5,8,11-14,17-20H2,1H3,(H,33,34)/t22-,23+. The van der Waals surface area contributed by atoms with E-state index in [1.165, 1.54) is 16.8 Å². The van der Waals surface area contributed by atoms with Gasteiger partial charge in [-0.1, -0.05) is 60.2 Å². The van der Waals surface area contributed by atoms with Crippen LogP contribution in [0.15, 0.2) is 54.6 Å². The first-order valence-electron chi connectivity index (χ1n) is 12.7. The molecule has 1 saturated carbocycles. The number of nitrogens with zero attached hydrogens (tertiary/aromatic N) is 2. The number of ether oxygens (including phenoxy) is 1. The number of hydrogen-bond donors (Lipinski definition) is 2. The zero-order valence-electron chi connectivity index (χ0n) is 20.5. The van der Waals surface area contributed by atoms with Crippen LogP contribution in [0.3, 0.4) is 0 Å². The van der Waals surface area contributed by atoms with Crippen LogP contribution < -0.4 is 0 Å². The quantitative estimate of drug-likeness (QED) is 0.389. The van der Waals surface area contributed by atoms with Crippen molar-refractivity contribution in [2.24, 2.45) is 11.8 Å². The van der Waals surface area contributed by atoms with Crippen LogP contribution in [0.5, 0.6) is 0 Å². The highest BCUT2D eigenvalue weighted by atomic mass is 16.5. The minimum Gasteiger partial charge on any atom is -0.480 e. The minimum atomic E-state index is -0.911. The van der Waals surface area contributed by atoms with Crippen molar-refractivity contribution in [1.29, 1.82) is 0 Å². The molecule has 2 N–H and O–H groups in total. The van der Waals surface area contributed by atoms with Gasteiger partial charge in [0.15, 0.2) is 0 Å². The van der Waals surface area contributed by atoms with Gasteiger partial charge in [0.1, 0.15) is 12.3 Å². The van der Waals surface area contributed by atoms with Crippen molar-refractivity contribution in [3.63, 3.8) is 0 Å². The molecule has 2 aromatic carbocycles. The van der Waals surface area contributed by atoms with Crippen LogP contribution in [0.2, 0.25) is 0 Å². The van der Waals surface area contributed by atoms with Crippen molar-refractivity contribution >= 4 is 5.97 Å². The zero-order valence-corrected chi connectivity index (χ0v) is 20.5. The number of aliphatic hydroxyl groups is 1. The summed E-state index contributed by atoms with van der Waals surface area (Å²) in [6.45, 7) is 3.41. The van der Waals surface area contributed by atoms with E-state index in [9.17, 15) is 9.90 Å².